The fourth-order valence-corrected chi connectivity index (χ4v) is 10.9. The molecule has 3 aliphatic heterocycles. The predicted molar refractivity (Wildman–Crippen MR) is 286 cm³/mol. The second kappa shape index (κ2) is 20.1. The van der Waals surface area contributed by atoms with Crippen molar-refractivity contribution in [2.24, 2.45) is 0 Å². The first kappa shape index (κ1) is 45.5. The van der Waals surface area contributed by atoms with Crippen molar-refractivity contribution in [2.45, 2.75) is 0 Å². The summed E-state index contributed by atoms with van der Waals surface area (Å²) in [4.78, 5) is 59.8. The summed E-state index contributed by atoms with van der Waals surface area (Å²) in [5.41, 5.74) is 4.05. The van der Waals surface area contributed by atoms with Gasteiger partial charge in [-0.1, -0.05) is 163 Å². The minimum Gasteiger partial charge on any atom is -0.424 e. The molecule has 69 heavy (non-hydrogen) atoms. The summed E-state index contributed by atoms with van der Waals surface area (Å²) in [6, 6.07) is 48.3. The highest BCUT2D eigenvalue weighted by Crippen LogP contribution is 2.39. The minimum absolute atomic E-state index is 0.163. The normalized spacial score (nSPS) is 16.7. The number of carbonyl (C=O) groups is 3. The van der Waals surface area contributed by atoms with Gasteiger partial charge in [-0.05, 0) is 108 Å². The SMILES string of the molecule is O=C1C(=Cc2cccc(Oc3nc(Oc4cccc(C=C5SC(=S)N(c6ccccc6)C5=O)c4)nc(Oc4cccc(C=C5SC(=S)N(c6ccccc6)C5=O)c4)n3)c2)SC(=S)N1c1ccccc1. The summed E-state index contributed by atoms with van der Waals surface area (Å²) in [7, 11) is 0. The zero-order valence-electron chi connectivity index (χ0n) is 35.4. The predicted octanol–water partition coefficient (Wildman–Crippen LogP) is 12.5. The lowest BCUT2D eigenvalue weighted by Crippen LogP contribution is -2.27. The third-order valence-electron chi connectivity index (χ3n) is 10.1. The average molecular weight is 1020 g/mol. The molecule has 3 fully saturated rings. The van der Waals surface area contributed by atoms with Gasteiger partial charge < -0.3 is 14.2 Å². The highest BCUT2D eigenvalue weighted by atomic mass is 32.2. The Hall–Kier alpha value is -7.32. The molecular weight excluding hydrogens is 985 g/mol. The number of benzene rings is 6. The molecule has 1 aromatic heterocycles. The van der Waals surface area contributed by atoms with Crippen LogP contribution in [-0.4, -0.2) is 45.6 Å². The van der Waals surface area contributed by atoms with E-state index in [1.807, 2.05) is 109 Å². The van der Waals surface area contributed by atoms with Gasteiger partial charge in [0, 0.05) is 0 Å². The summed E-state index contributed by atoms with van der Waals surface area (Å²) in [5, 5.41) is 0. The maximum absolute atomic E-state index is 13.5. The lowest BCUT2D eigenvalue weighted by Gasteiger charge is -2.13. The summed E-state index contributed by atoms with van der Waals surface area (Å²) in [6.45, 7) is 0. The van der Waals surface area contributed by atoms with Crippen molar-refractivity contribution in [3.63, 3.8) is 0 Å². The molecule has 0 radical (unpaired) electrons. The fourth-order valence-electron chi connectivity index (χ4n) is 7.03. The lowest BCUT2D eigenvalue weighted by atomic mass is 10.2. The Kier molecular flexibility index (Phi) is 13.2. The smallest absolute Gasteiger partial charge is 0.331 e. The second-order valence-corrected chi connectivity index (χ2v) is 19.8. The van der Waals surface area contributed by atoms with E-state index >= 15 is 0 Å². The van der Waals surface area contributed by atoms with Crippen LogP contribution in [0.5, 0.6) is 35.3 Å². The minimum atomic E-state index is -0.235. The maximum Gasteiger partial charge on any atom is 0.331 e. The van der Waals surface area contributed by atoms with Crippen LogP contribution in [-0.2, 0) is 14.4 Å². The van der Waals surface area contributed by atoms with Crippen LogP contribution in [0.25, 0.3) is 18.2 Å². The van der Waals surface area contributed by atoms with E-state index < -0.39 is 0 Å². The Labute approximate surface area is 423 Å². The molecule has 0 spiro atoms. The maximum atomic E-state index is 13.5. The highest BCUT2D eigenvalue weighted by Gasteiger charge is 2.35. The topological polar surface area (TPSA) is 127 Å². The molecule has 3 amide bonds. The summed E-state index contributed by atoms with van der Waals surface area (Å²) in [5.74, 6) is 0.324. The number of amides is 3. The van der Waals surface area contributed by atoms with Gasteiger partial charge in [0.2, 0.25) is 0 Å². The number of aromatic nitrogens is 3. The van der Waals surface area contributed by atoms with E-state index in [9.17, 15) is 14.4 Å². The third-order valence-corrected chi connectivity index (χ3v) is 14.0. The van der Waals surface area contributed by atoms with Crippen LogP contribution < -0.4 is 28.9 Å². The number of hydrogen-bond acceptors (Lipinski definition) is 15. The number of thioether (sulfide) groups is 3. The Balaban J connectivity index is 0.930. The number of para-hydroxylation sites is 3. The molecule has 3 saturated heterocycles. The van der Waals surface area contributed by atoms with E-state index in [1.54, 1.807) is 72.8 Å². The number of rotatable bonds is 12. The molecule has 7 aromatic rings. The second-order valence-electron chi connectivity index (χ2n) is 14.8. The number of carbonyl (C=O) groups excluding carboxylic acids is 3. The van der Waals surface area contributed by atoms with Crippen LogP contribution in [0.15, 0.2) is 179 Å². The van der Waals surface area contributed by atoms with Gasteiger partial charge in [-0.2, -0.15) is 0 Å². The molecular formula is C51H30N6O6S6. The van der Waals surface area contributed by atoms with Crippen molar-refractivity contribution in [3.05, 3.63) is 195 Å². The molecule has 18 heteroatoms. The monoisotopic (exact) mass is 1010 g/mol. The largest absolute Gasteiger partial charge is 0.424 e. The number of nitrogens with zero attached hydrogens (tertiary/aromatic N) is 6. The molecule has 0 N–H and O–H groups in total. The van der Waals surface area contributed by atoms with Gasteiger partial charge >= 0.3 is 18.0 Å². The molecule has 0 aliphatic carbocycles. The molecule has 0 atom stereocenters. The Morgan fingerprint density at radius 2 is 0.652 bits per heavy atom. The van der Waals surface area contributed by atoms with Crippen molar-refractivity contribution in [2.75, 3.05) is 14.7 Å². The van der Waals surface area contributed by atoms with Gasteiger partial charge in [-0.3, -0.25) is 29.1 Å². The number of thiocarbonyl (C=S) groups is 3. The van der Waals surface area contributed by atoms with E-state index in [0.29, 0.717) is 78.7 Å². The Morgan fingerprint density at radius 3 is 0.928 bits per heavy atom. The zero-order chi connectivity index (χ0) is 47.4. The van der Waals surface area contributed by atoms with Gasteiger partial charge in [0.1, 0.15) is 17.2 Å². The van der Waals surface area contributed by atoms with Crippen LogP contribution >= 0.6 is 71.9 Å². The number of ether oxygens (including phenoxy) is 3. The fraction of sp³-hybridized carbons (Fsp3) is 0. The van der Waals surface area contributed by atoms with Crippen molar-refractivity contribution in [1.82, 2.24) is 15.0 Å². The first-order valence-corrected chi connectivity index (χ1v) is 24.4. The van der Waals surface area contributed by atoms with E-state index in [-0.39, 0.29) is 35.8 Å². The molecule has 0 saturated carbocycles. The molecule has 336 valence electrons. The third kappa shape index (κ3) is 10.3. The molecule has 0 unspecified atom stereocenters. The van der Waals surface area contributed by atoms with E-state index in [2.05, 4.69) is 15.0 Å². The van der Waals surface area contributed by atoms with Crippen LogP contribution in [0.4, 0.5) is 17.1 Å². The average Bonchev–Trinajstić information content (AvgIpc) is 3.91. The van der Waals surface area contributed by atoms with Gasteiger partial charge in [0.25, 0.3) is 17.7 Å². The van der Waals surface area contributed by atoms with Crippen LogP contribution in [0.1, 0.15) is 16.7 Å². The van der Waals surface area contributed by atoms with Crippen molar-refractivity contribution >= 4 is 138 Å². The molecule has 10 rings (SSSR count). The Morgan fingerprint density at radius 1 is 0.377 bits per heavy atom. The van der Waals surface area contributed by atoms with Gasteiger partial charge in [-0.25, -0.2) is 0 Å². The highest BCUT2D eigenvalue weighted by molar-refractivity contribution is 8.28. The van der Waals surface area contributed by atoms with Gasteiger partial charge in [0.15, 0.2) is 13.0 Å². The standard InChI is InChI=1S/C51H30N6O6S6/c58-43-40(67-49(64)55(43)34-16-4-1-5-17-34)28-31-13-10-22-37(25-31)61-46-52-47(62-38-23-11-14-32(26-38)29-41-44(59)56(50(65)68-41)35-18-6-2-7-19-35)54-48(53-46)63-39-24-12-15-33(27-39)30-42-45(60)57(51(66)69-42)36-20-8-3-9-21-36/h1-30H. The number of hydrogen-bond donors (Lipinski definition) is 0. The van der Waals surface area contributed by atoms with E-state index in [1.165, 1.54) is 50.0 Å². The number of anilines is 3. The van der Waals surface area contributed by atoms with Crippen molar-refractivity contribution in [3.8, 4) is 35.3 Å². The summed E-state index contributed by atoms with van der Waals surface area (Å²) in [6.07, 6.45) is 5.22. The van der Waals surface area contributed by atoms with E-state index in [4.69, 9.17) is 50.9 Å². The van der Waals surface area contributed by atoms with Gasteiger partial charge in [-0.15, -0.1) is 15.0 Å². The van der Waals surface area contributed by atoms with Gasteiger partial charge in [0.05, 0.1) is 31.8 Å². The first-order chi connectivity index (χ1) is 33.6. The molecule has 0 bridgehead atoms. The van der Waals surface area contributed by atoms with Crippen LogP contribution in [0, 0.1) is 0 Å². The molecule has 6 aromatic carbocycles. The quantitative estimate of drug-likeness (QED) is 0.0850. The Bertz CT molecular complexity index is 2980. The van der Waals surface area contributed by atoms with Crippen molar-refractivity contribution in [1.29, 1.82) is 0 Å². The summed E-state index contributed by atoms with van der Waals surface area (Å²) >= 11 is 20.3. The zero-order valence-corrected chi connectivity index (χ0v) is 40.3. The molecule has 4 heterocycles. The molecule has 12 nitrogen and oxygen atoms in total. The van der Waals surface area contributed by atoms with Crippen LogP contribution in [0.2, 0.25) is 0 Å². The lowest BCUT2D eigenvalue weighted by molar-refractivity contribution is -0.114. The van der Waals surface area contributed by atoms with E-state index in [0.717, 1.165) is 0 Å². The van der Waals surface area contributed by atoms with Crippen LogP contribution in [0.3, 0.4) is 0 Å². The summed E-state index contributed by atoms with van der Waals surface area (Å²) < 4.78 is 20.0. The first-order valence-electron chi connectivity index (χ1n) is 20.7. The van der Waals surface area contributed by atoms with Crippen molar-refractivity contribution < 1.29 is 28.6 Å². The molecule has 3 aliphatic rings.